The molecule has 2 saturated heterocycles. The number of hydrogen-bond donors (Lipinski definition) is 4. The molecule has 4 N–H and O–H groups in total. The van der Waals surface area contributed by atoms with Crippen molar-refractivity contribution in [3.05, 3.63) is 132 Å². The van der Waals surface area contributed by atoms with Crippen LogP contribution in [0.2, 0.25) is 0 Å². The summed E-state index contributed by atoms with van der Waals surface area (Å²) in [4.78, 5) is 71.6. The van der Waals surface area contributed by atoms with Crippen LogP contribution in [0.4, 0.5) is 9.59 Å². The minimum Gasteiger partial charge on any atom is -0.453 e. The monoisotopic (exact) mass is 863 g/mol. The maximum atomic E-state index is 14.1. The van der Waals surface area contributed by atoms with Gasteiger partial charge >= 0.3 is 12.2 Å². The molecule has 2 fully saturated rings. The molecule has 4 amide bonds. The molecule has 7 rings (SSSR count). The molecule has 5 atom stereocenters. The van der Waals surface area contributed by atoms with Gasteiger partial charge in [0.2, 0.25) is 5.91 Å². The molecule has 5 unspecified atom stereocenters. The fourth-order valence-electron chi connectivity index (χ4n) is 8.39. The van der Waals surface area contributed by atoms with E-state index < -0.39 is 36.2 Å². The Labute approximate surface area is 372 Å². The van der Waals surface area contributed by atoms with E-state index in [1.165, 1.54) is 14.2 Å². The number of carbonyl (C=O) groups excluding carboxylic acids is 4. The maximum absolute atomic E-state index is 14.1. The Hall–Kier alpha value is -7.47. The summed E-state index contributed by atoms with van der Waals surface area (Å²) in [5, 5.41) is 15.2. The number of likely N-dealkylation sites (tertiary alicyclic amines) is 2. The molecule has 0 radical (unpaired) electrons. The lowest BCUT2D eigenvalue weighted by Gasteiger charge is -2.30. The molecule has 0 aliphatic carbocycles. The van der Waals surface area contributed by atoms with Crippen molar-refractivity contribution in [1.82, 2.24) is 40.4 Å². The fourth-order valence-corrected chi connectivity index (χ4v) is 8.39. The fraction of sp³-hybridized carbons (Fsp3) is 0.327. The number of carbonyl (C=O) groups is 4. The Kier molecular flexibility index (Phi) is 14.0. The van der Waals surface area contributed by atoms with Crippen LogP contribution in [0.1, 0.15) is 86.5 Å². The van der Waals surface area contributed by atoms with E-state index in [1.54, 1.807) is 46.5 Å². The van der Waals surface area contributed by atoms with Crippen molar-refractivity contribution >= 4 is 35.6 Å². The van der Waals surface area contributed by atoms with E-state index >= 15 is 0 Å². The second-order valence-electron chi connectivity index (χ2n) is 16.3. The van der Waals surface area contributed by atoms with Crippen LogP contribution in [-0.4, -0.2) is 87.1 Å². The number of aromatic nitrogens is 4. The average Bonchev–Trinajstić information content (AvgIpc) is 4.17. The predicted octanol–water partition coefficient (Wildman–Crippen LogP) is 8.14. The lowest BCUT2D eigenvalue weighted by Crippen LogP contribution is -2.51. The van der Waals surface area contributed by atoms with Crippen LogP contribution >= 0.6 is 0 Å². The van der Waals surface area contributed by atoms with E-state index in [9.17, 15) is 24.4 Å². The van der Waals surface area contributed by atoms with Gasteiger partial charge in [0.1, 0.15) is 23.7 Å². The molecule has 5 aromatic rings. The Bertz CT molecular complexity index is 2540. The minimum absolute atomic E-state index is 0.119. The third-order valence-electron chi connectivity index (χ3n) is 11.8. The minimum atomic E-state index is -1.00. The highest BCUT2D eigenvalue weighted by molar-refractivity contribution is 5.89. The van der Waals surface area contributed by atoms with Crippen LogP contribution < -0.4 is 10.6 Å². The van der Waals surface area contributed by atoms with E-state index in [2.05, 4.69) is 55.9 Å². The van der Waals surface area contributed by atoms with Gasteiger partial charge in [0.05, 0.1) is 62.1 Å². The van der Waals surface area contributed by atoms with Crippen molar-refractivity contribution in [1.29, 1.82) is 5.26 Å². The lowest BCUT2D eigenvalue weighted by atomic mass is 9.99. The molecule has 15 heteroatoms. The number of nitrogens with one attached hydrogen (secondary N) is 4. The van der Waals surface area contributed by atoms with Gasteiger partial charge in [-0.2, -0.15) is 5.26 Å². The molecule has 64 heavy (non-hydrogen) atoms. The Morgan fingerprint density at radius 3 is 2.02 bits per heavy atom. The molecule has 4 heterocycles. The van der Waals surface area contributed by atoms with Crippen LogP contribution in [0.25, 0.3) is 34.2 Å². The number of nitriles is 1. The van der Waals surface area contributed by atoms with Crippen LogP contribution in [0.5, 0.6) is 0 Å². The van der Waals surface area contributed by atoms with E-state index in [0.29, 0.717) is 30.2 Å². The molecule has 0 bridgehead atoms. The molecule has 15 nitrogen and oxygen atoms in total. The molecular formula is C49H53N9O6. The van der Waals surface area contributed by atoms with Crippen molar-refractivity contribution in [3.8, 4) is 28.6 Å². The van der Waals surface area contributed by atoms with Crippen molar-refractivity contribution < 1.29 is 28.7 Å². The van der Waals surface area contributed by atoms with Crippen molar-refractivity contribution in [2.24, 2.45) is 11.8 Å². The summed E-state index contributed by atoms with van der Waals surface area (Å²) in [5.41, 5.74) is 7.09. The highest BCUT2D eigenvalue weighted by atomic mass is 16.5. The molecule has 3 aromatic carbocycles. The molecule has 2 aromatic heterocycles. The molecule has 0 saturated carbocycles. The number of aromatic amines is 2. The zero-order valence-corrected chi connectivity index (χ0v) is 36.6. The third kappa shape index (κ3) is 9.92. The first kappa shape index (κ1) is 44.6. The summed E-state index contributed by atoms with van der Waals surface area (Å²) in [7, 11) is 2.53. The van der Waals surface area contributed by atoms with Crippen LogP contribution in [0.15, 0.2) is 103 Å². The smallest absolute Gasteiger partial charge is 0.407 e. The van der Waals surface area contributed by atoms with Crippen molar-refractivity contribution in [2.45, 2.75) is 64.2 Å². The number of amides is 4. The lowest BCUT2D eigenvalue weighted by molar-refractivity contribution is -0.136. The van der Waals surface area contributed by atoms with Gasteiger partial charge in [-0.1, -0.05) is 105 Å². The number of methoxy groups -OCH3 is 2. The number of rotatable bonds is 13. The van der Waals surface area contributed by atoms with Gasteiger partial charge in [0.15, 0.2) is 0 Å². The third-order valence-corrected chi connectivity index (χ3v) is 11.8. The topological polar surface area (TPSA) is 198 Å². The largest absolute Gasteiger partial charge is 0.453 e. The highest BCUT2D eigenvalue weighted by Crippen LogP contribution is 2.37. The van der Waals surface area contributed by atoms with Gasteiger partial charge in [-0.3, -0.25) is 9.59 Å². The number of H-pyrrole nitrogens is 2. The molecular weight excluding hydrogens is 811 g/mol. The zero-order chi connectivity index (χ0) is 45.3. The SMILES string of the molecule is CC=C/C(=C\c1ccc(-c2cnc(C3CC(C#N)CN3C(=O)C(NC(=O)OC)c3ccccc3)[nH]2)cc1)c1ccc(-c2cnc(C3CCCN3C(=O)C(NC(=O)OC)C(C)C)[nH]2)cc1. The van der Waals surface area contributed by atoms with Gasteiger partial charge in [-0.25, -0.2) is 19.6 Å². The molecule has 2 aliphatic heterocycles. The summed E-state index contributed by atoms with van der Waals surface area (Å²) in [6.45, 7) is 6.55. The van der Waals surface area contributed by atoms with Gasteiger partial charge in [0, 0.05) is 13.1 Å². The Morgan fingerprint density at radius 2 is 1.42 bits per heavy atom. The molecule has 0 spiro atoms. The predicted molar refractivity (Wildman–Crippen MR) is 241 cm³/mol. The summed E-state index contributed by atoms with van der Waals surface area (Å²) in [5.74, 6) is 0.232. The maximum Gasteiger partial charge on any atom is 0.407 e. The second-order valence-corrected chi connectivity index (χ2v) is 16.3. The van der Waals surface area contributed by atoms with E-state index in [1.807, 2.05) is 69.3 Å². The number of nitrogens with zero attached hydrogens (tertiary/aromatic N) is 5. The van der Waals surface area contributed by atoms with E-state index in [4.69, 9.17) is 14.5 Å². The summed E-state index contributed by atoms with van der Waals surface area (Å²) in [6, 6.07) is 25.1. The number of alkyl carbamates (subject to hydrolysis) is 2. The summed E-state index contributed by atoms with van der Waals surface area (Å²) >= 11 is 0. The van der Waals surface area contributed by atoms with Gasteiger partial charge < -0.3 is 39.9 Å². The zero-order valence-electron chi connectivity index (χ0n) is 36.6. The quantitative estimate of drug-likeness (QED) is 0.0667. The Balaban J connectivity index is 1.04. The van der Waals surface area contributed by atoms with Crippen molar-refractivity contribution in [2.75, 3.05) is 27.3 Å². The van der Waals surface area contributed by atoms with Crippen LogP contribution in [0, 0.1) is 23.2 Å². The molecule has 2 aliphatic rings. The first-order valence-corrected chi connectivity index (χ1v) is 21.4. The molecule has 330 valence electrons. The Morgan fingerprint density at radius 1 is 0.812 bits per heavy atom. The number of benzene rings is 3. The standard InChI is InChI=1S/C49H53N9O6/c1-6-11-37(33-19-21-35(22-20-33)39-27-51-44(53-39)40-14-10-23-57(40)46(59)42(30(2)3)55-48(61)63-4)24-31-15-17-34(18-16-31)38-28-52-45(54-38)41-25-32(26-50)29-58(41)47(60)43(56-49(62)64-5)36-12-8-7-9-13-36/h6-9,11-13,15-22,24,27-28,30,32,40-43H,10,14,23,25,29H2,1-5H3,(H,51,53)(H,52,54)(H,55,61)(H,56,62)/b11-6?,37-24+. The summed E-state index contributed by atoms with van der Waals surface area (Å²) < 4.78 is 9.59. The van der Waals surface area contributed by atoms with E-state index in [-0.39, 0.29) is 30.3 Å². The van der Waals surface area contributed by atoms with Crippen LogP contribution in [-0.2, 0) is 19.1 Å². The van der Waals surface area contributed by atoms with Crippen LogP contribution in [0.3, 0.4) is 0 Å². The normalized spacial score (nSPS) is 18.5. The first-order chi connectivity index (χ1) is 31.0. The van der Waals surface area contributed by atoms with Crippen molar-refractivity contribution in [3.63, 3.8) is 0 Å². The number of hydrogen-bond acceptors (Lipinski definition) is 9. The van der Waals surface area contributed by atoms with E-state index in [0.717, 1.165) is 52.1 Å². The first-order valence-electron chi connectivity index (χ1n) is 21.4. The average molecular weight is 864 g/mol. The highest BCUT2D eigenvalue weighted by Gasteiger charge is 2.42. The van der Waals surface area contributed by atoms with Gasteiger partial charge in [0.25, 0.3) is 5.91 Å². The number of allylic oxidation sites excluding steroid dienone is 3. The second kappa shape index (κ2) is 20.1. The van der Waals surface area contributed by atoms with Gasteiger partial charge in [-0.15, -0.1) is 0 Å². The summed E-state index contributed by atoms with van der Waals surface area (Å²) in [6.07, 6.45) is 10.3. The van der Waals surface area contributed by atoms with Gasteiger partial charge in [-0.05, 0) is 71.6 Å². The number of imidazole rings is 2. The number of ether oxygens (including phenoxy) is 2.